The van der Waals surface area contributed by atoms with Gasteiger partial charge in [0.25, 0.3) is 0 Å². The molecule has 17 heavy (non-hydrogen) atoms. The van der Waals surface area contributed by atoms with Crippen LogP contribution >= 0.6 is 11.6 Å². The third kappa shape index (κ3) is 3.27. The van der Waals surface area contributed by atoms with Crippen molar-refractivity contribution in [1.82, 2.24) is 0 Å². The first kappa shape index (κ1) is 13.6. The van der Waals surface area contributed by atoms with Crippen molar-refractivity contribution >= 4 is 23.3 Å². The van der Waals surface area contributed by atoms with Gasteiger partial charge < -0.3 is 14.8 Å². The van der Waals surface area contributed by atoms with E-state index in [0.717, 1.165) is 0 Å². The average Bonchev–Trinajstić information content (AvgIpc) is 2.30. The van der Waals surface area contributed by atoms with Crippen LogP contribution in [0, 0.1) is 0 Å². The molecule has 0 spiro atoms. The Labute approximate surface area is 106 Å². The van der Waals surface area contributed by atoms with Gasteiger partial charge in [0.1, 0.15) is 11.3 Å². The number of esters is 1. The highest BCUT2D eigenvalue weighted by atomic mass is 35.5. The average molecular weight is 258 g/mol. The molecule has 0 amide bonds. The van der Waals surface area contributed by atoms with Gasteiger partial charge in [-0.15, -0.1) is 0 Å². The lowest BCUT2D eigenvalue weighted by Gasteiger charge is -2.25. The molecule has 0 saturated carbocycles. The van der Waals surface area contributed by atoms with Crippen molar-refractivity contribution < 1.29 is 14.3 Å². The normalized spacial score (nSPS) is 10.9. The fourth-order valence-electron chi connectivity index (χ4n) is 1.37. The monoisotopic (exact) mass is 257 g/mol. The van der Waals surface area contributed by atoms with Crippen molar-refractivity contribution in [2.75, 3.05) is 19.5 Å². The second kappa shape index (κ2) is 5.27. The van der Waals surface area contributed by atoms with E-state index in [-0.39, 0.29) is 5.97 Å². The lowest BCUT2D eigenvalue weighted by molar-refractivity contribution is -0.144. The van der Waals surface area contributed by atoms with Crippen LogP contribution in [0.3, 0.4) is 0 Å². The molecule has 0 radical (unpaired) electrons. The van der Waals surface area contributed by atoms with Crippen molar-refractivity contribution in [3.63, 3.8) is 0 Å². The summed E-state index contributed by atoms with van der Waals surface area (Å²) in [5, 5.41) is 3.51. The molecule has 94 valence electrons. The standard InChI is InChI=1S/C12H16ClNO3/c1-12(2,11(15)17-4)14-10-6-5-8(16-3)7-9(10)13/h5-7,14H,1-4H3. The van der Waals surface area contributed by atoms with Crippen molar-refractivity contribution in [1.29, 1.82) is 0 Å². The number of nitrogens with one attached hydrogen (secondary N) is 1. The van der Waals surface area contributed by atoms with Crippen molar-refractivity contribution in [3.05, 3.63) is 23.2 Å². The smallest absolute Gasteiger partial charge is 0.330 e. The van der Waals surface area contributed by atoms with E-state index in [2.05, 4.69) is 5.32 Å². The number of benzene rings is 1. The number of halogens is 1. The Bertz CT molecular complexity index is 418. The minimum absolute atomic E-state index is 0.357. The van der Waals surface area contributed by atoms with Gasteiger partial charge in [0, 0.05) is 6.07 Å². The second-order valence-electron chi connectivity index (χ2n) is 4.09. The SMILES string of the molecule is COC(=O)C(C)(C)Nc1ccc(OC)cc1Cl. The van der Waals surface area contributed by atoms with Gasteiger partial charge in [-0.2, -0.15) is 0 Å². The first-order chi connectivity index (χ1) is 7.90. The molecule has 1 aromatic carbocycles. The van der Waals surface area contributed by atoms with E-state index in [1.807, 2.05) is 0 Å². The highest BCUT2D eigenvalue weighted by molar-refractivity contribution is 6.33. The Kier molecular flexibility index (Phi) is 4.23. The van der Waals surface area contributed by atoms with Gasteiger partial charge in [-0.3, -0.25) is 0 Å². The number of carbonyl (C=O) groups excluding carboxylic acids is 1. The van der Waals surface area contributed by atoms with Crippen LogP contribution in [-0.2, 0) is 9.53 Å². The molecular formula is C12H16ClNO3. The predicted octanol–water partition coefficient (Wildman–Crippen LogP) is 2.71. The van der Waals surface area contributed by atoms with Crippen LogP contribution in [0.2, 0.25) is 5.02 Å². The molecule has 0 saturated heterocycles. The minimum Gasteiger partial charge on any atom is -0.497 e. The third-order valence-electron chi connectivity index (χ3n) is 2.32. The zero-order chi connectivity index (χ0) is 13.1. The number of carbonyl (C=O) groups is 1. The van der Waals surface area contributed by atoms with Crippen LogP contribution in [0.5, 0.6) is 5.75 Å². The van der Waals surface area contributed by atoms with E-state index in [0.29, 0.717) is 16.5 Å². The highest BCUT2D eigenvalue weighted by Crippen LogP contribution is 2.29. The Morgan fingerprint density at radius 3 is 2.47 bits per heavy atom. The Morgan fingerprint density at radius 2 is 2.00 bits per heavy atom. The summed E-state index contributed by atoms with van der Waals surface area (Å²) in [5.41, 5.74) is -0.185. The summed E-state index contributed by atoms with van der Waals surface area (Å²) >= 11 is 6.07. The molecule has 0 aliphatic rings. The molecule has 1 rings (SSSR count). The zero-order valence-electron chi connectivity index (χ0n) is 10.3. The largest absolute Gasteiger partial charge is 0.497 e. The number of hydrogen-bond acceptors (Lipinski definition) is 4. The maximum atomic E-state index is 11.5. The van der Waals surface area contributed by atoms with Gasteiger partial charge in [0.15, 0.2) is 0 Å². The summed E-state index contributed by atoms with van der Waals surface area (Å²) < 4.78 is 9.75. The zero-order valence-corrected chi connectivity index (χ0v) is 11.1. The Hall–Kier alpha value is -1.42. The van der Waals surface area contributed by atoms with Gasteiger partial charge in [0.05, 0.1) is 24.9 Å². The second-order valence-corrected chi connectivity index (χ2v) is 4.49. The summed E-state index contributed by atoms with van der Waals surface area (Å²) in [6.45, 7) is 3.44. The van der Waals surface area contributed by atoms with Gasteiger partial charge in [0.2, 0.25) is 0 Å². The molecule has 0 aromatic heterocycles. The molecule has 1 N–H and O–H groups in total. The van der Waals surface area contributed by atoms with Crippen molar-refractivity contribution in [2.24, 2.45) is 0 Å². The number of rotatable bonds is 4. The Morgan fingerprint density at radius 1 is 1.35 bits per heavy atom. The minimum atomic E-state index is -0.840. The van der Waals surface area contributed by atoms with E-state index in [4.69, 9.17) is 21.1 Å². The first-order valence-corrected chi connectivity index (χ1v) is 5.48. The van der Waals surface area contributed by atoms with Crippen molar-refractivity contribution in [2.45, 2.75) is 19.4 Å². The topological polar surface area (TPSA) is 47.6 Å². The third-order valence-corrected chi connectivity index (χ3v) is 2.63. The fourth-order valence-corrected chi connectivity index (χ4v) is 1.58. The number of hydrogen-bond donors (Lipinski definition) is 1. The quantitative estimate of drug-likeness (QED) is 0.843. The number of ether oxygens (including phenoxy) is 2. The first-order valence-electron chi connectivity index (χ1n) is 5.11. The molecule has 0 unspecified atom stereocenters. The van der Waals surface area contributed by atoms with Crippen LogP contribution in [0.15, 0.2) is 18.2 Å². The van der Waals surface area contributed by atoms with Gasteiger partial charge in [-0.25, -0.2) is 4.79 Å². The summed E-state index contributed by atoms with van der Waals surface area (Å²) in [7, 11) is 2.92. The van der Waals surface area contributed by atoms with Crippen LogP contribution in [-0.4, -0.2) is 25.7 Å². The molecule has 0 fully saturated rings. The maximum Gasteiger partial charge on any atom is 0.330 e. The van der Waals surface area contributed by atoms with E-state index in [9.17, 15) is 4.79 Å². The number of methoxy groups -OCH3 is 2. The molecule has 4 nitrogen and oxygen atoms in total. The molecule has 0 heterocycles. The summed E-state index contributed by atoms with van der Waals surface area (Å²) in [4.78, 5) is 11.5. The molecule has 0 atom stereocenters. The van der Waals surface area contributed by atoms with E-state index in [1.54, 1.807) is 39.2 Å². The molecule has 0 bridgehead atoms. The van der Waals surface area contributed by atoms with E-state index in [1.165, 1.54) is 7.11 Å². The molecule has 0 aliphatic carbocycles. The van der Waals surface area contributed by atoms with Crippen LogP contribution in [0.1, 0.15) is 13.8 Å². The van der Waals surface area contributed by atoms with Crippen LogP contribution in [0.4, 0.5) is 5.69 Å². The van der Waals surface area contributed by atoms with E-state index < -0.39 is 5.54 Å². The molecule has 1 aromatic rings. The number of anilines is 1. The molecular weight excluding hydrogens is 242 g/mol. The van der Waals surface area contributed by atoms with Crippen LogP contribution in [0.25, 0.3) is 0 Å². The predicted molar refractivity (Wildman–Crippen MR) is 67.7 cm³/mol. The fraction of sp³-hybridized carbons (Fsp3) is 0.417. The van der Waals surface area contributed by atoms with Gasteiger partial charge in [-0.1, -0.05) is 11.6 Å². The maximum absolute atomic E-state index is 11.5. The van der Waals surface area contributed by atoms with Gasteiger partial charge in [-0.05, 0) is 26.0 Å². The summed E-state index contributed by atoms with van der Waals surface area (Å²) in [6, 6.07) is 5.20. The molecule has 5 heteroatoms. The van der Waals surface area contributed by atoms with Gasteiger partial charge >= 0.3 is 5.97 Å². The van der Waals surface area contributed by atoms with Crippen LogP contribution < -0.4 is 10.1 Å². The Balaban J connectivity index is 2.92. The summed E-state index contributed by atoms with van der Waals surface area (Å²) in [6.07, 6.45) is 0. The van der Waals surface area contributed by atoms with E-state index >= 15 is 0 Å². The molecule has 0 aliphatic heterocycles. The summed E-state index contributed by atoms with van der Waals surface area (Å²) in [5.74, 6) is 0.306. The lowest BCUT2D eigenvalue weighted by Crippen LogP contribution is -2.41. The highest BCUT2D eigenvalue weighted by Gasteiger charge is 2.28. The van der Waals surface area contributed by atoms with Crippen molar-refractivity contribution in [3.8, 4) is 5.75 Å². The lowest BCUT2D eigenvalue weighted by atomic mass is 10.1.